The summed E-state index contributed by atoms with van der Waals surface area (Å²) in [5.74, 6) is 0.532. The van der Waals surface area contributed by atoms with Crippen molar-refractivity contribution in [2.24, 2.45) is 5.92 Å². The zero-order valence-corrected chi connectivity index (χ0v) is 19.8. The molecule has 8 heteroatoms. The van der Waals surface area contributed by atoms with Crippen LogP contribution in [0.1, 0.15) is 18.9 Å². The lowest BCUT2D eigenvalue weighted by Gasteiger charge is -2.35. The smallest absolute Gasteiger partial charge is 0.228 e. The number of rotatable bonds is 5. The highest BCUT2D eigenvalue weighted by atomic mass is 32.1. The minimum absolute atomic E-state index is 0.00178. The molecule has 1 aromatic heterocycles. The van der Waals surface area contributed by atoms with E-state index >= 15 is 0 Å². The van der Waals surface area contributed by atoms with Crippen LogP contribution < -0.4 is 14.5 Å². The second-order valence-electron chi connectivity index (χ2n) is 8.57. The number of benzene rings is 2. The van der Waals surface area contributed by atoms with Gasteiger partial charge in [0.05, 0.1) is 23.2 Å². The summed E-state index contributed by atoms with van der Waals surface area (Å²) in [5.41, 5.74) is 3.17. The number of aromatic nitrogens is 1. The molecular weight excluding hydrogens is 436 g/mol. The number of nitrogens with zero attached hydrogens (tertiary/aromatic N) is 4. The van der Waals surface area contributed by atoms with Crippen LogP contribution in [-0.4, -0.2) is 61.5 Å². The molecule has 1 atom stereocenters. The quantitative estimate of drug-likeness (QED) is 0.578. The minimum atomic E-state index is -0.291. The fourth-order valence-corrected chi connectivity index (χ4v) is 5.65. The molecule has 7 nitrogen and oxygen atoms in total. The van der Waals surface area contributed by atoms with Gasteiger partial charge in [0.2, 0.25) is 11.8 Å². The van der Waals surface area contributed by atoms with Crippen LogP contribution in [0.4, 0.5) is 10.8 Å². The van der Waals surface area contributed by atoms with Gasteiger partial charge < -0.3 is 19.4 Å². The van der Waals surface area contributed by atoms with E-state index in [1.54, 1.807) is 23.3 Å². The van der Waals surface area contributed by atoms with E-state index in [-0.39, 0.29) is 24.2 Å². The Labute approximate surface area is 197 Å². The Morgan fingerprint density at radius 1 is 1.12 bits per heavy atom. The van der Waals surface area contributed by atoms with Crippen molar-refractivity contribution in [2.45, 2.75) is 19.8 Å². The molecule has 0 bridgehead atoms. The van der Waals surface area contributed by atoms with Crippen LogP contribution in [0.25, 0.3) is 10.2 Å². The van der Waals surface area contributed by atoms with E-state index < -0.39 is 0 Å². The van der Waals surface area contributed by atoms with Crippen molar-refractivity contribution in [1.29, 1.82) is 0 Å². The molecule has 2 saturated heterocycles. The van der Waals surface area contributed by atoms with Crippen molar-refractivity contribution in [3.05, 3.63) is 48.0 Å². The topological polar surface area (TPSA) is 66.0 Å². The van der Waals surface area contributed by atoms with Crippen molar-refractivity contribution in [2.75, 3.05) is 49.6 Å². The number of carbonyl (C=O) groups is 2. The predicted octanol–water partition coefficient (Wildman–Crippen LogP) is 3.57. The van der Waals surface area contributed by atoms with E-state index in [1.165, 1.54) is 10.3 Å². The zero-order valence-electron chi connectivity index (χ0n) is 19.0. The largest absolute Gasteiger partial charge is 0.497 e. The summed E-state index contributed by atoms with van der Waals surface area (Å²) in [6.45, 7) is 5.42. The number of fused-ring (bicyclic) bond motifs is 1. The molecule has 0 radical (unpaired) electrons. The third-order valence-corrected chi connectivity index (χ3v) is 7.65. The molecule has 3 heterocycles. The molecule has 3 aromatic rings. The van der Waals surface area contributed by atoms with Crippen molar-refractivity contribution in [1.82, 2.24) is 9.88 Å². The molecule has 0 spiro atoms. The molecule has 2 fully saturated rings. The normalized spacial score (nSPS) is 18.9. The Hall–Kier alpha value is -3.13. The van der Waals surface area contributed by atoms with Gasteiger partial charge in [0, 0.05) is 44.8 Å². The summed E-state index contributed by atoms with van der Waals surface area (Å²) >= 11 is 1.72. The predicted molar refractivity (Wildman–Crippen MR) is 131 cm³/mol. The molecule has 0 saturated carbocycles. The number of carbonyl (C=O) groups excluding carboxylic acids is 2. The number of thiazole rings is 1. The van der Waals surface area contributed by atoms with Gasteiger partial charge in [0.15, 0.2) is 5.13 Å². The highest BCUT2D eigenvalue weighted by Gasteiger charge is 2.38. The molecule has 2 aliphatic rings. The van der Waals surface area contributed by atoms with Gasteiger partial charge in [-0.15, -0.1) is 0 Å². The molecule has 1 unspecified atom stereocenters. The first-order valence-corrected chi connectivity index (χ1v) is 12.2. The van der Waals surface area contributed by atoms with Crippen molar-refractivity contribution < 1.29 is 14.3 Å². The second-order valence-corrected chi connectivity index (χ2v) is 9.58. The van der Waals surface area contributed by atoms with Crippen LogP contribution >= 0.6 is 11.3 Å². The Morgan fingerprint density at radius 2 is 1.88 bits per heavy atom. The molecular formula is C25H28N4O3S. The fraction of sp³-hybridized carbons (Fsp3) is 0.400. The number of aryl methyl sites for hydroxylation is 1. The van der Waals surface area contributed by atoms with Crippen LogP contribution in [0.15, 0.2) is 42.5 Å². The molecule has 2 aliphatic heterocycles. The maximum atomic E-state index is 13.2. The number of ether oxygens (including phenoxy) is 1. The Balaban J connectivity index is 1.20. The molecule has 0 N–H and O–H groups in total. The Kier molecular flexibility index (Phi) is 5.93. The van der Waals surface area contributed by atoms with Crippen LogP contribution in [0.2, 0.25) is 0 Å². The number of anilines is 2. The summed E-state index contributed by atoms with van der Waals surface area (Å²) in [6, 6.07) is 13.9. The van der Waals surface area contributed by atoms with Gasteiger partial charge in [0.1, 0.15) is 5.75 Å². The lowest BCUT2D eigenvalue weighted by molar-refractivity contribution is -0.136. The van der Waals surface area contributed by atoms with E-state index in [0.717, 1.165) is 41.6 Å². The summed E-state index contributed by atoms with van der Waals surface area (Å²) in [7, 11) is 1.61. The van der Waals surface area contributed by atoms with E-state index in [4.69, 9.17) is 9.72 Å². The average Bonchev–Trinajstić information content (AvgIpc) is 3.46. The SMILES string of the molecule is CCc1ccc2nc(N3CCN(C(=O)C4CC(=O)N(c5ccc(OC)cc5)C4)CC3)sc2c1. The second kappa shape index (κ2) is 9.02. The van der Waals surface area contributed by atoms with Gasteiger partial charge in [0.25, 0.3) is 0 Å². The van der Waals surface area contributed by atoms with Gasteiger partial charge >= 0.3 is 0 Å². The van der Waals surface area contributed by atoms with Gasteiger partial charge in [-0.3, -0.25) is 9.59 Å². The van der Waals surface area contributed by atoms with E-state index in [2.05, 4.69) is 30.0 Å². The summed E-state index contributed by atoms with van der Waals surface area (Å²) < 4.78 is 6.41. The van der Waals surface area contributed by atoms with Gasteiger partial charge in [-0.05, 0) is 48.4 Å². The molecule has 33 heavy (non-hydrogen) atoms. The van der Waals surface area contributed by atoms with E-state index in [1.807, 2.05) is 29.2 Å². The number of hydrogen-bond donors (Lipinski definition) is 0. The average molecular weight is 465 g/mol. The number of methoxy groups -OCH3 is 1. The monoisotopic (exact) mass is 464 g/mol. The molecule has 172 valence electrons. The van der Waals surface area contributed by atoms with Crippen molar-refractivity contribution in [3.8, 4) is 5.75 Å². The third-order valence-electron chi connectivity index (χ3n) is 6.57. The summed E-state index contributed by atoms with van der Waals surface area (Å²) in [4.78, 5) is 36.5. The lowest BCUT2D eigenvalue weighted by atomic mass is 10.1. The summed E-state index contributed by atoms with van der Waals surface area (Å²) in [6.07, 6.45) is 1.28. The van der Waals surface area contributed by atoms with Gasteiger partial charge in [-0.2, -0.15) is 0 Å². The Bertz CT molecular complexity index is 1170. The fourth-order valence-electron chi connectivity index (χ4n) is 4.57. The number of hydrogen-bond acceptors (Lipinski definition) is 6. The first-order chi connectivity index (χ1) is 16.1. The maximum absolute atomic E-state index is 13.2. The number of piperazine rings is 1. The zero-order chi connectivity index (χ0) is 22.9. The first kappa shape index (κ1) is 21.7. The maximum Gasteiger partial charge on any atom is 0.228 e. The van der Waals surface area contributed by atoms with Gasteiger partial charge in [-0.25, -0.2) is 4.98 Å². The van der Waals surface area contributed by atoms with E-state index in [9.17, 15) is 9.59 Å². The van der Waals surface area contributed by atoms with Crippen LogP contribution in [0.3, 0.4) is 0 Å². The number of amides is 2. The lowest BCUT2D eigenvalue weighted by Crippen LogP contribution is -2.50. The highest BCUT2D eigenvalue weighted by molar-refractivity contribution is 7.22. The van der Waals surface area contributed by atoms with Crippen LogP contribution in [0.5, 0.6) is 5.75 Å². The van der Waals surface area contributed by atoms with Gasteiger partial charge in [-0.1, -0.05) is 24.3 Å². The molecule has 0 aliphatic carbocycles. The van der Waals surface area contributed by atoms with Crippen molar-refractivity contribution in [3.63, 3.8) is 0 Å². The minimum Gasteiger partial charge on any atom is -0.497 e. The molecule has 5 rings (SSSR count). The van der Waals surface area contributed by atoms with E-state index in [0.29, 0.717) is 19.6 Å². The standard InChI is InChI=1S/C25H28N4O3S/c1-3-17-4-9-21-22(14-17)33-25(26-21)28-12-10-27(11-13-28)24(31)18-15-23(30)29(16-18)19-5-7-20(32-2)8-6-19/h4-9,14,18H,3,10-13,15-16H2,1-2H3. The summed E-state index contributed by atoms with van der Waals surface area (Å²) in [5, 5.41) is 1.02. The van der Waals surface area contributed by atoms with Crippen LogP contribution in [0, 0.1) is 5.92 Å². The molecule has 2 aromatic carbocycles. The van der Waals surface area contributed by atoms with Crippen molar-refractivity contribution >= 4 is 44.2 Å². The van der Waals surface area contributed by atoms with Crippen LogP contribution in [-0.2, 0) is 16.0 Å². The molecule has 2 amide bonds. The first-order valence-electron chi connectivity index (χ1n) is 11.4. The Morgan fingerprint density at radius 3 is 2.58 bits per heavy atom. The highest BCUT2D eigenvalue weighted by Crippen LogP contribution is 2.31. The third kappa shape index (κ3) is 4.27.